The first-order chi connectivity index (χ1) is 7.27. The zero-order valence-corrected chi connectivity index (χ0v) is 9.74. The molecule has 82 valence electrons. The average Bonchev–Trinajstić information content (AvgIpc) is 2.29. The topological polar surface area (TPSA) is 12.0 Å². The molecule has 1 aromatic rings. The van der Waals surface area contributed by atoms with Crippen LogP contribution in [-0.4, -0.2) is 6.04 Å². The SMILES string of the molecule is C=CC(C)NC(CCC)c1ccccc1. The Kier molecular flexibility index (Phi) is 5.13. The fourth-order valence-corrected chi connectivity index (χ4v) is 1.71. The Balaban J connectivity index is 2.69. The quantitative estimate of drug-likeness (QED) is 0.695. The molecule has 1 nitrogen and oxygen atoms in total. The minimum atomic E-state index is 0.363. The Morgan fingerprint density at radius 3 is 2.53 bits per heavy atom. The van der Waals surface area contributed by atoms with E-state index in [0.29, 0.717) is 12.1 Å². The van der Waals surface area contributed by atoms with Gasteiger partial charge in [0.1, 0.15) is 0 Å². The summed E-state index contributed by atoms with van der Waals surface area (Å²) in [5, 5.41) is 3.57. The molecule has 1 aromatic carbocycles. The minimum Gasteiger partial charge on any atom is -0.304 e. The molecule has 0 aliphatic carbocycles. The normalized spacial score (nSPS) is 14.5. The van der Waals surface area contributed by atoms with Gasteiger partial charge < -0.3 is 5.32 Å². The maximum atomic E-state index is 3.80. The Morgan fingerprint density at radius 1 is 1.33 bits per heavy atom. The molecule has 0 radical (unpaired) electrons. The molecule has 1 heteroatoms. The van der Waals surface area contributed by atoms with Gasteiger partial charge >= 0.3 is 0 Å². The van der Waals surface area contributed by atoms with E-state index in [-0.39, 0.29) is 0 Å². The first-order valence-corrected chi connectivity index (χ1v) is 5.71. The van der Waals surface area contributed by atoms with Crippen molar-refractivity contribution in [1.29, 1.82) is 0 Å². The monoisotopic (exact) mass is 203 g/mol. The van der Waals surface area contributed by atoms with Gasteiger partial charge in [-0.3, -0.25) is 0 Å². The van der Waals surface area contributed by atoms with Gasteiger partial charge in [-0.05, 0) is 18.9 Å². The van der Waals surface area contributed by atoms with E-state index in [9.17, 15) is 0 Å². The van der Waals surface area contributed by atoms with E-state index in [1.807, 2.05) is 6.08 Å². The smallest absolute Gasteiger partial charge is 0.0325 e. The number of nitrogens with one attached hydrogen (secondary N) is 1. The molecular formula is C14H21N. The molecule has 0 bridgehead atoms. The Hall–Kier alpha value is -1.08. The van der Waals surface area contributed by atoms with Crippen molar-refractivity contribution in [3.8, 4) is 0 Å². The van der Waals surface area contributed by atoms with Crippen LogP contribution < -0.4 is 5.32 Å². The number of hydrogen-bond donors (Lipinski definition) is 1. The second-order valence-electron chi connectivity index (χ2n) is 3.94. The maximum Gasteiger partial charge on any atom is 0.0325 e. The fraction of sp³-hybridized carbons (Fsp3) is 0.429. The van der Waals surface area contributed by atoms with Crippen molar-refractivity contribution < 1.29 is 0 Å². The van der Waals surface area contributed by atoms with Gasteiger partial charge in [0.25, 0.3) is 0 Å². The molecule has 0 heterocycles. The van der Waals surface area contributed by atoms with Crippen LogP contribution >= 0.6 is 0 Å². The third-order valence-corrected chi connectivity index (χ3v) is 2.60. The van der Waals surface area contributed by atoms with Crippen LogP contribution in [0.15, 0.2) is 43.0 Å². The van der Waals surface area contributed by atoms with Gasteiger partial charge in [0.05, 0.1) is 0 Å². The summed E-state index contributed by atoms with van der Waals surface area (Å²) in [6, 6.07) is 11.4. The van der Waals surface area contributed by atoms with Crippen LogP contribution in [0.2, 0.25) is 0 Å². The van der Waals surface area contributed by atoms with E-state index in [4.69, 9.17) is 0 Å². The van der Waals surface area contributed by atoms with Gasteiger partial charge in [0.15, 0.2) is 0 Å². The van der Waals surface area contributed by atoms with Gasteiger partial charge in [-0.2, -0.15) is 0 Å². The molecule has 15 heavy (non-hydrogen) atoms. The summed E-state index contributed by atoms with van der Waals surface area (Å²) in [7, 11) is 0. The number of rotatable bonds is 6. The lowest BCUT2D eigenvalue weighted by Gasteiger charge is -2.21. The zero-order chi connectivity index (χ0) is 11.1. The highest BCUT2D eigenvalue weighted by Gasteiger charge is 2.10. The maximum absolute atomic E-state index is 3.80. The van der Waals surface area contributed by atoms with Gasteiger partial charge in [-0.1, -0.05) is 49.8 Å². The average molecular weight is 203 g/mol. The van der Waals surface area contributed by atoms with E-state index < -0.39 is 0 Å². The van der Waals surface area contributed by atoms with Crippen LogP contribution in [0.1, 0.15) is 38.3 Å². The van der Waals surface area contributed by atoms with Crippen LogP contribution in [0.4, 0.5) is 0 Å². The van der Waals surface area contributed by atoms with Crippen molar-refractivity contribution in [3.63, 3.8) is 0 Å². The van der Waals surface area contributed by atoms with Crippen LogP contribution in [0.3, 0.4) is 0 Å². The fourth-order valence-electron chi connectivity index (χ4n) is 1.71. The second-order valence-corrected chi connectivity index (χ2v) is 3.94. The summed E-state index contributed by atoms with van der Waals surface area (Å²) >= 11 is 0. The molecule has 0 aliphatic rings. The zero-order valence-electron chi connectivity index (χ0n) is 9.74. The van der Waals surface area contributed by atoms with Crippen molar-refractivity contribution in [2.45, 2.75) is 38.8 Å². The molecule has 1 rings (SSSR count). The van der Waals surface area contributed by atoms with E-state index in [1.54, 1.807) is 0 Å². The van der Waals surface area contributed by atoms with Gasteiger partial charge in [0.2, 0.25) is 0 Å². The molecule has 2 unspecified atom stereocenters. The summed E-state index contributed by atoms with van der Waals surface area (Å²) in [4.78, 5) is 0. The third-order valence-electron chi connectivity index (χ3n) is 2.60. The lowest BCUT2D eigenvalue weighted by atomic mass is 10.0. The molecule has 2 atom stereocenters. The van der Waals surface area contributed by atoms with Crippen LogP contribution in [0.5, 0.6) is 0 Å². The van der Waals surface area contributed by atoms with Crippen molar-refractivity contribution in [3.05, 3.63) is 48.6 Å². The molecule has 0 aromatic heterocycles. The Bertz CT molecular complexity index is 279. The minimum absolute atomic E-state index is 0.363. The molecule has 0 fully saturated rings. The van der Waals surface area contributed by atoms with Gasteiger partial charge in [-0.15, -0.1) is 6.58 Å². The lowest BCUT2D eigenvalue weighted by Crippen LogP contribution is -2.28. The highest BCUT2D eigenvalue weighted by molar-refractivity contribution is 5.19. The van der Waals surface area contributed by atoms with Crippen LogP contribution in [0, 0.1) is 0 Å². The predicted octanol–water partition coefficient (Wildman–Crippen LogP) is 3.69. The second kappa shape index (κ2) is 6.41. The highest BCUT2D eigenvalue weighted by atomic mass is 14.9. The van der Waals surface area contributed by atoms with Gasteiger partial charge in [0, 0.05) is 12.1 Å². The van der Waals surface area contributed by atoms with Crippen LogP contribution in [-0.2, 0) is 0 Å². The molecule has 0 amide bonds. The lowest BCUT2D eigenvalue weighted by molar-refractivity contribution is 0.469. The van der Waals surface area contributed by atoms with Crippen molar-refractivity contribution in [1.82, 2.24) is 5.32 Å². The summed E-state index contributed by atoms with van der Waals surface area (Å²) in [5.74, 6) is 0. The Morgan fingerprint density at radius 2 is 2.00 bits per heavy atom. The molecule has 0 spiro atoms. The highest BCUT2D eigenvalue weighted by Crippen LogP contribution is 2.18. The summed E-state index contributed by atoms with van der Waals surface area (Å²) in [6.07, 6.45) is 4.31. The van der Waals surface area contributed by atoms with Crippen molar-refractivity contribution >= 4 is 0 Å². The first kappa shape index (κ1) is 12.0. The molecular weight excluding hydrogens is 182 g/mol. The molecule has 0 aliphatic heterocycles. The van der Waals surface area contributed by atoms with Crippen molar-refractivity contribution in [2.24, 2.45) is 0 Å². The van der Waals surface area contributed by atoms with E-state index in [2.05, 4.69) is 56.1 Å². The third kappa shape index (κ3) is 3.88. The standard InChI is InChI=1S/C14H21N/c1-4-9-14(15-12(3)5-2)13-10-7-6-8-11-13/h5-8,10-12,14-15H,2,4,9H2,1,3H3. The first-order valence-electron chi connectivity index (χ1n) is 5.71. The summed E-state index contributed by atoms with van der Waals surface area (Å²) in [6.45, 7) is 8.16. The number of hydrogen-bond acceptors (Lipinski definition) is 1. The molecule has 0 saturated carbocycles. The molecule has 1 N–H and O–H groups in total. The molecule has 0 saturated heterocycles. The number of benzene rings is 1. The van der Waals surface area contributed by atoms with Crippen LogP contribution in [0.25, 0.3) is 0 Å². The van der Waals surface area contributed by atoms with E-state index in [1.165, 1.54) is 18.4 Å². The van der Waals surface area contributed by atoms with Gasteiger partial charge in [-0.25, -0.2) is 0 Å². The van der Waals surface area contributed by atoms with Crippen molar-refractivity contribution in [2.75, 3.05) is 0 Å². The largest absolute Gasteiger partial charge is 0.304 e. The Labute approximate surface area is 93.2 Å². The van der Waals surface area contributed by atoms with E-state index in [0.717, 1.165) is 0 Å². The summed E-state index contributed by atoms with van der Waals surface area (Å²) < 4.78 is 0. The van der Waals surface area contributed by atoms with E-state index >= 15 is 0 Å². The predicted molar refractivity (Wildman–Crippen MR) is 66.9 cm³/mol. The summed E-state index contributed by atoms with van der Waals surface area (Å²) in [5.41, 5.74) is 1.37.